The summed E-state index contributed by atoms with van der Waals surface area (Å²) >= 11 is 4.23. The van der Waals surface area contributed by atoms with Crippen molar-refractivity contribution in [3.05, 3.63) is 33.1 Å². The molecule has 23 heavy (non-hydrogen) atoms. The predicted octanol–water partition coefficient (Wildman–Crippen LogP) is 3.06. The number of carbonyl (C=O) groups excluding carboxylic acids is 3. The quantitative estimate of drug-likeness (QED) is 0.559. The number of rotatable bonds is 5. The van der Waals surface area contributed by atoms with Crippen LogP contribution < -0.4 is 4.74 Å². The Morgan fingerprint density at radius 3 is 2.74 bits per heavy atom. The van der Waals surface area contributed by atoms with E-state index in [0.717, 1.165) is 16.2 Å². The van der Waals surface area contributed by atoms with Crippen LogP contribution >= 0.6 is 27.7 Å². The molecule has 0 radical (unpaired) electrons. The topological polar surface area (TPSA) is 72.9 Å². The number of amides is 2. The minimum atomic E-state index is -0.509. The first kappa shape index (κ1) is 17.6. The summed E-state index contributed by atoms with van der Waals surface area (Å²) in [5, 5.41) is -0.296. The van der Waals surface area contributed by atoms with Crippen LogP contribution in [0, 0.1) is 0 Å². The molecule has 1 saturated heterocycles. The first-order valence-corrected chi connectivity index (χ1v) is 8.31. The zero-order valence-corrected chi connectivity index (χ0v) is 14.9. The van der Waals surface area contributed by atoms with Gasteiger partial charge in [0, 0.05) is 16.6 Å². The second-order valence-electron chi connectivity index (χ2n) is 4.47. The summed E-state index contributed by atoms with van der Waals surface area (Å²) in [6, 6.07) is 5.16. The van der Waals surface area contributed by atoms with E-state index in [4.69, 9.17) is 4.74 Å². The number of benzene rings is 1. The maximum atomic E-state index is 12.1. The van der Waals surface area contributed by atoms with Gasteiger partial charge < -0.3 is 9.47 Å². The number of imide groups is 1. The second-order valence-corrected chi connectivity index (χ2v) is 6.38. The first-order valence-electron chi connectivity index (χ1n) is 6.70. The Morgan fingerprint density at radius 2 is 2.13 bits per heavy atom. The molecule has 0 atom stereocenters. The highest BCUT2D eigenvalue weighted by Gasteiger charge is 2.33. The van der Waals surface area contributed by atoms with Gasteiger partial charge in [0.25, 0.3) is 11.1 Å². The molecule has 0 bridgehead atoms. The van der Waals surface area contributed by atoms with Gasteiger partial charge >= 0.3 is 5.97 Å². The molecule has 1 aromatic rings. The Kier molecular flexibility index (Phi) is 5.84. The van der Waals surface area contributed by atoms with E-state index < -0.39 is 5.97 Å². The standard InChI is InChI=1S/C15H14BrNO5S/c1-3-17-14(19)12(23-15(17)20)7-9-6-10(16)4-5-11(9)22-8-13(18)21-2/h4-7H,3,8H2,1-2H3/b12-7+. The van der Waals surface area contributed by atoms with Crippen molar-refractivity contribution in [1.29, 1.82) is 0 Å². The Balaban J connectivity index is 2.30. The summed E-state index contributed by atoms with van der Waals surface area (Å²) in [7, 11) is 1.27. The Morgan fingerprint density at radius 1 is 1.39 bits per heavy atom. The third kappa shape index (κ3) is 4.14. The van der Waals surface area contributed by atoms with E-state index in [0.29, 0.717) is 22.8 Å². The summed E-state index contributed by atoms with van der Waals surface area (Å²) < 4.78 is 10.7. The Bertz CT molecular complexity index is 688. The van der Waals surface area contributed by atoms with Crippen molar-refractivity contribution in [2.75, 3.05) is 20.3 Å². The number of nitrogens with zero attached hydrogens (tertiary/aromatic N) is 1. The largest absolute Gasteiger partial charge is 0.481 e. The van der Waals surface area contributed by atoms with Gasteiger partial charge in [0.2, 0.25) is 0 Å². The average Bonchev–Trinajstić information content (AvgIpc) is 2.79. The van der Waals surface area contributed by atoms with Crippen LogP contribution in [0.2, 0.25) is 0 Å². The first-order chi connectivity index (χ1) is 11.0. The molecule has 1 aliphatic rings. The molecular weight excluding hydrogens is 386 g/mol. The molecule has 0 aliphatic carbocycles. The number of thioether (sulfide) groups is 1. The maximum Gasteiger partial charge on any atom is 0.343 e. The monoisotopic (exact) mass is 399 g/mol. The van der Waals surface area contributed by atoms with E-state index in [-0.39, 0.29) is 17.8 Å². The van der Waals surface area contributed by atoms with Gasteiger partial charge in [-0.15, -0.1) is 0 Å². The third-order valence-electron chi connectivity index (χ3n) is 3.02. The third-order valence-corrected chi connectivity index (χ3v) is 4.42. The van der Waals surface area contributed by atoms with Crippen molar-refractivity contribution < 1.29 is 23.9 Å². The molecule has 8 heteroatoms. The van der Waals surface area contributed by atoms with E-state index in [2.05, 4.69) is 20.7 Å². The molecule has 0 saturated carbocycles. The van der Waals surface area contributed by atoms with Crippen LogP contribution in [0.15, 0.2) is 27.6 Å². The lowest BCUT2D eigenvalue weighted by Crippen LogP contribution is -2.27. The van der Waals surface area contributed by atoms with Crippen molar-refractivity contribution in [3.63, 3.8) is 0 Å². The zero-order chi connectivity index (χ0) is 17.0. The summed E-state index contributed by atoms with van der Waals surface area (Å²) in [6.07, 6.45) is 1.58. The lowest BCUT2D eigenvalue weighted by Gasteiger charge is -2.09. The van der Waals surface area contributed by atoms with E-state index in [1.165, 1.54) is 12.0 Å². The molecule has 0 N–H and O–H groups in total. The van der Waals surface area contributed by atoms with Gasteiger partial charge in [-0.25, -0.2) is 4.79 Å². The molecule has 6 nitrogen and oxygen atoms in total. The van der Waals surface area contributed by atoms with Crippen molar-refractivity contribution in [2.24, 2.45) is 0 Å². The SMILES string of the molecule is CCN1C(=O)S/C(=C/c2cc(Br)ccc2OCC(=O)OC)C1=O. The van der Waals surface area contributed by atoms with Gasteiger partial charge in [-0.2, -0.15) is 0 Å². The molecule has 0 unspecified atom stereocenters. The highest BCUT2D eigenvalue weighted by atomic mass is 79.9. The Labute approximate surface area is 145 Å². The zero-order valence-electron chi connectivity index (χ0n) is 12.5. The number of hydrogen-bond acceptors (Lipinski definition) is 6. The predicted molar refractivity (Wildman–Crippen MR) is 90.0 cm³/mol. The molecule has 1 fully saturated rings. The van der Waals surface area contributed by atoms with Gasteiger partial charge in [-0.3, -0.25) is 14.5 Å². The van der Waals surface area contributed by atoms with E-state index in [9.17, 15) is 14.4 Å². The molecule has 0 aromatic heterocycles. The van der Waals surface area contributed by atoms with E-state index >= 15 is 0 Å². The van der Waals surface area contributed by atoms with Crippen LogP contribution in [0.1, 0.15) is 12.5 Å². The summed E-state index contributed by atoms with van der Waals surface area (Å²) in [4.78, 5) is 36.6. The fourth-order valence-electron chi connectivity index (χ4n) is 1.87. The van der Waals surface area contributed by atoms with Gasteiger partial charge in [0.15, 0.2) is 6.61 Å². The van der Waals surface area contributed by atoms with Crippen LogP contribution in [-0.4, -0.2) is 42.3 Å². The fraction of sp³-hybridized carbons (Fsp3) is 0.267. The van der Waals surface area contributed by atoms with Crippen molar-refractivity contribution in [2.45, 2.75) is 6.92 Å². The minimum Gasteiger partial charge on any atom is -0.481 e. The van der Waals surface area contributed by atoms with Crippen molar-refractivity contribution >= 4 is 50.9 Å². The second kappa shape index (κ2) is 7.65. The molecule has 1 heterocycles. The average molecular weight is 400 g/mol. The van der Waals surface area contributed by atoms with Crippen LogP contribution in [0.4, 0.5) is 4.79 Å². The summed E-state index contributed by atoms with van der Waals surface area (Å²) in [5.41, 5.74) is 0.588. The van der Waals surface area contributed by atoms with Crippen molar-refractivity contribution in [1.82, 2.24) is 4.90 Å². The smallest absolute Gasteiger partial charge is 0.343 e. The molecule has 1 aromatic carbocycles. The normalized spacial score (nSPS) is 16.1. The van der Waals surface area contributed by atoms with Crippen LogP contribution in [0.25, 0.3) is 6.08 Å². The molecule has 1 aliphatic heterocycles. The maximum absolute atomic E-state index is 12.1. The van der Waals surface area contributed by atoms with Crippen LogP contribution in [-0.2, 0) is 14.3 Å². The van der Waals surface area contributed by atoms with Crippen molar-refractivity contribution in [3.8, 4) is 5.75 Å². The molecular formula is C15H14BrNO5S. The van der Waals surface area contributed by atoms with E-state index in [1.807, 2.05) is 0 Å². The number of likely N-dealkylation sites (N-methyl/N-ethyl adjacent to an activating group) is 1. The minimum absolute atomic E-state index is 0.241. The number of ether oxygens (including phenoxy) is 2. The van der Waals surface area contributed by atoms with Crippen LogP contribution in [0.3, 0.4) is 0 Å². The molecule has 0 spiro atoms. The number of hydrogen-bond donors (Lipinski definition) is 0. The van der Waals surface area contributed by atoms with Crippen LogP contribution in [0.5, 0.6) is 5.75 Å². The summed E-state index contributed by atoms with van der Waals surface area (Å²) in [6.45, 7) is 1.82. The van der Waals surface area contributed by atoms with Gasteiger partial charge in [-0.1, -0.05) is 15.9 Å². The lowest BCUT2D eigenvalue weighted by atomic mass is 10.2. The summed E-state index contributed by atoms with van der Waals surface area (Å²) in [5.74, 6) is -0.423. The highest BCUT2D eigenvalue weighted by molar-refractivity contribution is 9.10. The molecule has 2 rings (SSSR count). The lowest BCUT2D eigenvalue weighted by molar-refractivity contribution is -0.142. The van der Waals surface area contributed by atoms with E-state index in [1.54, 1.807) is 31.2 Å². The van der Waals surface area contributed by atoms with Gasteiger partial charge in [-0.05, 0) is 43.0 Å². The fourth-order valence-corrected chi connectivity index (χ4v) is 3.15. The van der Waals surface area contributed by atoms with Gasteiger partial charge in [0.05, 0.1) is 12.0 Å². The molecule has 122 valence electrons. The Hall–Kier alpha value is -1.80. The highest BCUT2D eigenvalue weighted by Crippen LogP contribution is 2.34. The number of esters is 1. The number of methoxy groups -OCH3 is 1. The number of carbonyl (C=O) groups is 3. The number of halogens is 1. The molecule has 2 amide bonds. The van der Waals surface area contributed by atoms with Gasteiger partial charge in [0.1, 0.15) is 5.75 Å².